The number of carbonyl (C=O) groups excluding carboxylic acids is 3. The lowest BCUT2D eigenvalue weighted by atomic mass is 10.0. The van der Waals surface area contributed by atoms with Crippen LogP contribution in [0.25, 0.3) is 0 Å². The average molecular weight is 723 g/mol. The van der Waals surface area contributed by atoms with Crippen molar-refractivity contribution in [3.05, 3.63) is 0 Å². The maximum Gasteiger partial charge on any atom is 0.306 e. The molecule has 0 aliphatic heterocycles. The SMILES string of the molecule is CC(C)CCCCCCCCCCCCC(=O)OC[C@@H](COC(=O)CCCCCCCCC(C)C)OC(=O)CCCCCCCCCCC(C)C. The van der Waals surface area contributed by atoms with Crippen LogP contribution in [0.3, 0.4) is 0 Å². The number of esters is 3. The summed E-state index contributed by atoms with van der Waals surface area (Å²) < 4.78 is 16.7. The molecule has 0 radical (unpaired) electrons. The van der Waals surface area contributed by atoms with Gasteiger partial charge in [-0.15, -0.1) is 0 Å². The maximum atomic E-state index is 12.7. The Bertz CT molecular complexity index is 792. The fraction of sp³-hybridized carbons (Fsp3) is 0.933. The molecule has 0 saturated heterocycles. The van der Waals surface area contributed by atoms with Gasteiger partial charge in [-0.2, -0.15) is 0 Å². The predicted molar refractivity (Wildman–Crippen MR) is 215 cm³/mol. The van der Waals surface area contributed by atoms with Crippen LogP contribution in [0, 0.1) is 17.8 Å². The van der Waals surface area contributed by atoms with Gasteiger partial charge < -0.3 is 14.2 Å². The normalized spacial score (nSPS) is 12.2. The smallest absolute Gasteiger partial charge is 0.306 e. The van der Waals surface area contributed by atoms with Crippen LogP contribution in [-0.2, 0) is 28.6 Å². The molecule has 51 heavy (non-hydrogen) atoms. The molecule has 302 valence electrons. The number of rotatable bonds is 38. The van der Waals surface area contributed by atoms with Crippen LogP contribution >= 0.6 is 0 Å². The molecule has 0 aliphatic rings. The third kappa shape index (κ3) is 39.5. The summed E-state index contributed by atoms with van der Waals surface area (Å²) in [4.78, 5) is 37.6. The van der Waals surface area contributed by atoms with Gasteiger partial charge in [0.2, 0.25) is 0 Å². The molecule has 0 amide bonds. The van der Waals surface area contributed by atoms with Crippen molar-refractivity contribution < 1.29 is 28.6 Å². The average Bonchev–Trinajstić information content (AvgIpc) is 3.08. The molecule has 0 fully saturated rings. The van der Waals surface area contributed by atoms with Crippen molar-refractivity contribution >= 4 is 17.9 Å². The largest absolute Gasteiger partial charge is 0.462 e. The van der Waals surface area contributed by atoms with E-state index in [-0.39, 0.29) is 31.1 Å². The highest BCUT2D eigenvalue weighted by Gasteiger charge is 2.19. The molecule has 0 aliphatic carbocycles. The first-order valence-electron chi connectivity index (χ1n) is 22.1. The molecule has 0 aromatic rings. The van der Waals surface area contributed by atoms with Gasteiger partial charge in [-0.1, -0.05) is 196 Å². The highest BCUT2D eigenvalue weighted by molar-refractivity contribution is 5.71. The first kappa shape index (κ1) is 49.4. The minimum Gasteiger partial charge on any atom is -0.462 e. The van der Waals surface area contributed by atoms with E-state index in [1.165, 1.54) is 116 Å². The number of ether oxygens (including phenoxy) is 3. The van der Waals surface area contributed by atoms with E-state index >= 15 is 0 Å². The van der Waals surface area contributed by atoms with E-state index in [0.29, 0.717) is 19.3 Å². The summed E-state index contributed by atoms with van der Waals surface area (Å²) in [5, 5.41) is 0. The zero-order valence-electron chi connectivity index (χ0n) is 34.9. The van der Waals surface area contributed by atoms with Crippen molar-refractivity contribution in [3.8, 4) is 0 Å². The number of unbranched alkanes of at least 4 members (excludes halogenated alkanes) is 21. The van der Waals surface area contributed by atoms with E-state index in [0.717, 1.165) is 75.5 Å². The molecule has 0 spiro atoms. The van der Waals surface area contributed by atoms with Gasteiger partial charge >= 0.3 is 17.9 Å². The Hall–Kier alpha value is -1.59. The van der Waals surface area contributed by atoms with Crippen LogP contribution in [0.1, 0.15) is 234 Å². The first-order valence-corrected chi connectivity index (χ1v) is 22.1. The third-order valence-electron chi connectivity index (χ3n) is 9.90. The first-order chi connectivity index (χ1) is 24.6. The Morgan fingerprint density at radius 3 is 0.843 bits per heavy atom. The monoisotopic (exact) mass is 723 g/mol. The van der Waals surface area contributed by atoms with Crippen molar-refractivity contribution in [3.63, 3.8) is 0 Å². The third-order valence-corrected chi connectivity index (χ3v) is 9.90. The zero-order chi connectivity index (χ0) is 37.8. The lowest BCUT2D eigenvalue weighted by Crippen LogP contribution is -2.30. The van der Waals surface area contributed by atoms with Crippen LogP contribution in [0.5, 0.6) is 0 Å². The van der Waals surface area contributed by atoms with Crippen molar-refractivity contribution in [2.75, 3.05) is 13.2 Å². The summed E-state index contributed by atoms with van der Waals surface area (Å²) in [5.41, 5.74) is 0. The van der Waals surface area contributed by atoms with E-state index in [1.807, 2.05) is 0 Å². The standard InChI is InChI=1S/C45H86O6/c1-39(2)31-25-19-13-9-7-8-10-15-22-28-34-43(46)49-37-42(38-50-44(47)35-29-23-18-17-21-27-33-41(5)6)51-45(48)36-30-24-16-12-11-14-20-26-32-40(3)4/h39-42H,7-38H2,1-6H3/t42-/m0/s1. The van der Waals surface area contributed by atoms with Crippen LogP contribution in [0.2, 0.25) is 0 Å². The van der Waals surface area contributed by atoms with Crippen LogP contribution < -0.4 is 0 Å². The number of carbonyl (C=O) groups is 3. The van der Waals surface area contributed by atoms with Gasteiger partial charge in [0, 0.05) is 19.3 Å². The molecule has 0 bridgehead atoms. The molecular weight excluding hydrogens is 636 g/mol. The molecule has 0 aromatic heterocycles. The van der Waals surface area contributed by atoms with Crippen LogP contribution in [-0.4, -0.2) is 37.2 Å². The highest BCUT2D eigenvalue weighted by atomic mass is 16.6. The summed E-state index contributed by atoms with van der Waals surface area (Å²) in [6.07, 6.45) is 32.5. The molecule has 0 saturated carbocycles. The molecule has 0 aromatic carbocycles. The molecular formula is C45H86O6. The Kier molecular flexibility index (Phi) is 35.6. The fourth-order valence-electron chi connectivity index (χ4n) is 6.52. The van der Waals surface area contributed by atoms with E-state index in [1.54, 1.807) is 0 Å². The van der Waals surface area contributed by atoms with Crippen molar-refractivity contribution in [1.29, 1.82) is 0 Å². The summed E-state index contributed by atoms with van der Waals surface area (Å²) in [6.45, 7) is 13.6. The topological polar surface area (TPSA) is 78.9 Å². The number of hydrogen-bond donors (Lipinski definition) is 0. The molecule has 6 heteroatoms. The number of hydrogen-bond acceptors (Lipinski definition) is 6. The molecule has 0 rings (SSSR count). The zero-order valence-corrected chi connectivity index (χ0v) is 34.9. The van der Waals surface area contributed by atoms with Gasteiger partial charge in [-0.3, -0.25) is 14.4 Å². The summed E-state index contributed by atoms with van der Waals surface area (Å²) in [5.74, 6) is 1.51. The predicted octanol–water partition coefficient (Wildman–Crippen LogP) is 13.7. The Balaban J connectivity index is 4.34. The van der Waals surface area contributed by atoms with Gasteiger partial charge in [-0.05, 0) is 37.0 Å². The van der Waals surface area contributed by atoms with E-state index in [2.05, 4.69) is 41.5 Å². The van der Waals surface area contributed by atoms with Gasteiger partial charge in [0.1, 0.15) is 13.2 Å². The summed E-state index contributed by atoms with van der Waals surface area (Å²) in [7, 11) is 0. The van der Waals surface area contributed by atoms with Crippen LogP contribution in [0.4, 0.5) is 0 Å². The Labute approximate surface area is 317 Å². The van der Waals surface area contributed by atoms with Crippen molar-refractivity contribution in [1.82, 2.24) is 0 Å². The molecule has 0 unspecified atom stereocenters. The lowest BCUT2D eigenvalue weighted by Gasteiger charge is -2.18. The van der Waals surface area contributed by atoms with Crippen molar-refractivity contribution in [2.45, 2.75) is 240 Å². The quantitative estimate of drug-likeness (QED) is 0.0359. The Morgan fingerprint density at radius 1 is 0.333 bits per heavy atom. The fourth-order valence-corrected chi connectivity index (χ4v) is 6.52. The second-order valence-corrected chi connectivity index (χ2v) is 16.8. The Morgan fingerprint density at radius 2 is 0.569 bits per heavy atom. The van der Waals surface area contributed by atoms with Gasteiger partial charge in [0.25, 0.3) is 0 Å². The van der Waals surface area contributed by atoms with E-state index in [9.17, 15) is 14.4 Å². The maximum absolute atomic E-state index is 12.7. The summed E-state index contributed by atoms with van der Waals surface area (Å²) in [6, 6.07) is 0. The second kappa shape index (κ2) is 36.8. The van der Waals surface area contributed by atoms with E-state index in [4.69, 9.17) is 14.2 Å². The minimum absolute atomic E-state index is 0.0673. The van der Waals surface area contributed by atoms with Gasteiger partial charge in [0.15, 0.2) is 6.10 Å². The second-order valence-electron chi connectivity index (χ2n) is 16.8. The highest BCUT2D eigenvalue weighted by Crippen LogP contribution is 2.16. The molecule has 0 N–H and O–H groups in total. The lowest BCUT2D eigenvalue weighted by molar-refractivity contribution is -0.167. The minimum atomic E-state index is -0.762. The molecule has 0 heterocycles. The van der Waals surface area contributed by atoms with Crippen LogP contribution in [0.15, 0.2) is 0 Å². The summed E-state index contributed by atoms with van der Waals surface area (Å²) >= 11 is 0. The van der Waals surface area contributed by atoms with Crippen molar-refractivity contribution in [2.24, 2.45) is 17.8 Å². The molecule has 6 nitrogen and oxygen atoms in total. The molecule has 1 atom stereocenters. The van der Waals surface area contributed by atoms with Gasteiger partial charge in [0.05, 0.1) is 0 Å². The van der Waals surface area contributed by atoms with Gasteiger partial charge in [-0.25, -0.2) is 0 Å². The van der Waals surface area contributed by atoms with E-state index < -0.39 is 6.10 Å².